The minimum absolute atomic E-state index is 0.109. The van der Waals surface area contributed by atoms with E-state index < -0.39 is 5.82 Å². The Morgan fingerprint density at radius 3 is 2.60 bits per heavy atom. The molecule has 1 aromatic carbocycles. The Balaban J connectivity index is 2.70. The molecule has 1 unspecified atom stereocenters. The van der Waals surface area contributed by atoms with E-state index in [1.807, 2.05) is 20.2 Å². The quantitative estimate of drug-likeness (QED) is 0.833. The zero-order valence-corrected chi connectivity index (χ0v) is 12.8. The number of likely N-dealkylation sites (N-methyl/N-ethyl adjacent to an activating group) is 1. The summed E-state index contributed by atoms with van der Waals surface area (Å²) in [6.07, 6.45) is 1.04. The van der Waals surface area contributed by atoms with Gasteiger partial charge in [0.15, 0.2) is 0 Å². The fourth-order valence-corrected chi connectivity index (χ4v) is 2.29. The predicted molar refractivity (Wildman–Crippen MR) is 79.8 cm³/mol. The molecule has 0 fully saturated rings. The van der Waals surface area contributed by atoms with Crippen molar-refractivity contribution in [3.63, 3.8) is 0 Å². The summed E-state index contributed by atoms with van der Waals surface area (Å²) in [5.74, 6) is 0.179. The lowest BCUT2D eigenvalue weighted by atomic mass is 10.0. The number of hydrogen-bond acceptors (Lipinski definition) is 3. The molecule has 0 spiro atoms. The fraction of sp³-hybridized carbons (Fsp3) is 0.562. The largest absolute Gasteiger partial charge is 0.309 e. The summed E-state index contributed by atoms with van der Waals surface area (Å²) in [5.41, 5.74) is 0.661. The van der Waals surface area contributed by atoms with Crippen LogP contribution in [0.15, 0.2) is 18.2 Å². The molecule has 0 aromatic heterocycles. The Morgan fingerprint density at radius 1 is 1.35 bits per heavy atom. The van der Waals surface area contributed by atoms with Crippen LogP contribution in [0.5, 0.6) is 0 Å². The highest BCUT2D eigenvalue weighted by Crippen LogP contribution is 2.13. The molecule has 0 saturated heterocycles. The van der Waals surface area contributed by atoms with E-state index >= 15 is 0 Å². The van der Waals surface area contributed by atoms with E-state index in [1.54, 1.807) is 12.1 Å². The lowest BCUT2D eigenvalue weighted by molar-refractivity contribution is 0.304. The van der Waals surface area contributed by atoms with Crippen LogP contribution in [0, 0.1) is 23.1 Å². The molecule has 4 heteroatoms. The number of halogens is 1. The third kappa shape index (κ3) is 5.28. The molecule has 20 heavy (non-hydrogen) atoms. The van der Waals surface area contributed by atoms with Crippen molar-refractivity contribution in [2.45, 2.75) is 32.9 Å². The molecule has 1 aromatic rings. The summed E-state index contributed by atoms with van der Waals surface area (Å²) >= 11 is 0. The van der Waals surface area contributed by atoms with Crippen molar-refractivity contribution < 1.29 is 4.39 Å². The maximum absolute atomic E-state index is 14.0. The van der Waals surface area contributed by atoms with Gasteiger partial charge in [0, 0.05) is 24.7 Å². The van der Waals surface area contributed by atoms with Crippen molar-refractivity contribution in [1.82, 2.24) is 10.2 Å². The molecule has 1 N–H and O–H groups in total. The van der Waals surface area contributed by atoms with Gasteiger partial charge in [0.2, 0.25) is 0 Å². The Hall–Kier alpha value is -1.44. The topological polar surface area (TPSA) is 39.1 Å². The maximum atomic E-state index is 14.0. The van der Waals surface area contributed by atoms with Gasteiger partial charge in [0.1, 0.15) is 11.9 Å². The normalized spacial score (nSPS) is 12.7. The third-order valence-corrected chi connectivity index (χ3v) is 3.12. The molecule has 1 rings (SSSR count). The molecule has 0 bridgehead atoms. The van der Waals surface area contributed by atoms with Gasteiger partial charge in [0.05, 0.1) is 5.56 Å². The van der Waals surface area contributed by atoms with Gasteiger partial charge in [-0.2, -0.15) is 5.26 Å². The van der Waals surface area contributed by atoms with Crippen molar-refractivity contribution in [2.75, 3.05) is 20.6 Å². The van der Waals surface area contributed by atoms with Crippen molar-refractivity contribution in [3.05, 3.63) is 35.1 Å². The van der Waals surface area contributed by atoms with Crippen LogP contribution in [-0.2, 0) is 6.54 Å². The van der Waals surface area contributed by atoms with Crippen LogP contribution in [-0.4, -0.2) is 31.6 Å². The summed E-state index contributed by atoms with van der Waals surface area (Å²) in [5, 5.41) is 12.2. The average molecular weight is 277 g/mol. The first-order valence-electron chi connectivity index (χ1n) is 6.99. The highest BCUT2D eigenvalue weighted by atomic mass is 19.1. The molecule has 1 atom stereocenters. The van der Waals surface area contributed by atoms with E-state index in [2.05, 4.69) is 24.1 Å². The van der Waals surface area contributed by atoms with E-state index in [1.165, 1.54) is 6.07 Å². The Labute approximate surface area is 121 Å². The van der Waals surface area contributed by atoms with Crippen LogP contribution in [0.25, 0.3) is 0 Å². The van der Waals surface area contributed by atoms with Gasteiger partial charge in [-0.05, 0) is 32.5 Å². The van der Waals surface area contributed by atoms with E-state index in [0.29, 0.717) is 24.1 Å². The lowest BCUT2D eigenvalue weighted by Crippen LogP contribution is -2.39. The SMILES string of the molecule is CC(C)CC(CN(C)C)NCc1cccc(C#N)c1F. The monoisotopic (exact) mass is 277 g/mol. The zero-order chi connectivity index (χ0) is 15.1. The fourth-order valence-electron chi connectivity index (χ4n) is 2.29. The average Bonchev–Trinajstić information content (AvgIpc) is 2.36. The summed E-state index contributed by atoms with van der Waals surface area (Å²) < 4.78 is 14.0. The minimum atomic E-state index is -0.407. The number of nitrogens with zero attached hydrogens (tertiary/aromatic N) is 2. The van der Waals surface area contributed by atoms with Gasteiger partial charge < -0.3 is 10.2 Å². The van der Waals surface area contributed by atoms with E-state index in [-0.39, 0.29) is 5.56 Å². The zero-order valence-electron chi connectivity index (χ0n) is 12.8. The van der Waals surface area contributed by atoms with Crippen LogP contribution in [0.3, 0.4) is 0 Å². The summed E-state index contributed by atoms with van der Waals surface area (Å²) in [6, 6.07) is 7.15. The Morgan fingerprint density at radius 2 is 2.05 bits per heavy atom. The second kappa shape index (κ2) is 7.98. The second-order valence-corrected chi connectivity index (χ2v) is 5.86. The number of nitrogens with one attached hydrogen (secondary N) is 1. The highest BCUT2D eigenvalue weighted by molar-refractivity contribution is 5.34. The highest BCUT2D eigenvalue weighted by Gasteiger charge is 2.13. The van der Waals surface area contributed by atoms with Crippen LogP contribution in [0.1, 0.15) is 31.4 Å². The van der Waals surface area contributed by atoms with Gasteiger partial charge in [-0.25, -0.2) is 4.39 Å². The second-order valence-electron chi connectivity index (χ2n) is 5.86. The minimum Gasteiger partial charge on any atom is -0.309 e. The molecule has 0 aliphatic rings. The first kappa shape index (κ1) is 16.6. The number of rotatable bonds is 7. The number of hydrogen-bond donors (Lipinski definition) is 1. The van der Waals surface area contributed by atoms with Crippen molar-refractivity contribution in [3.8, 4) is 6.07 Å². The van der Waals surface area contributed by atoms with Crippen LogP contribution < -0.4 is 5.32 Å². The smallest absolute Gasteiger partial charge is 0.145 e. The van der Waals surface area contributed by atoms with E-state index in [4.69, 9.17) is 5.26 Å². The van der Waals surface area contributed by atoms with Gasteiger partial charge in [-0.1, -0.05) is 26.0 Å². The molecule has 0 amide bonds. The molecular weight excluding hydrogens is 253 g/mol. The predicted octanol–water partition coefficient (Wildman–Crippen LogP) is 2.76. The standard InChI is InChI=1S/C16H24FN3/c1-12(2)8-15(11-20(3)4)19-10-14-7-5-6-13(9-18)16(14)17/h5-7,12,15,19H,8,10-11H2,1-4H3. The molecule has 0 radical (unpaired) electrons. The summed E-state index contributed by atoms with van der Waals surface area (Å²) in [7, 11) is 4.07. The molecule has 0 saturated carbocycles. The van der Waals surface area contributed by atoms with Gasteiger partial charge >= 0.3 is 0 Å². The van der Waals surface area contributed by atoms with Gasteiger partial charge in [0.25, 0.3) is 0 Å². The molecule has 0 aliphatic carbocycles. The molecule has 0 aliphatic heterocycles. The first-order valence-corrected chi connectivity index (χ1v) is 6.99. The summed E-state index contributed by atoms with van der Waals surface area (Å²) in [4.78, 5) is 2.13. The number of nitriles is 1. The third-order valence-electron chi connectivity index (χ3n) is 3.12. The van der Waals surface area contributed by atoms with E-state index in [0.717, 1.165) is 13.0 Å². The van der Waals surface area contributed by atoms with Crippen LogP contribution in [0.4, 0.5) is 4.39 Å². The molecule has 0 heterocycles. The van der Waals surface area contributed by atoms with Crippen LogP contribution >= 0.6 is 0 Å². The Bertz CT molecular complexity index is 453. The van der Waals surface area contributed by atoms with Crippen LogP contribution in [0.2, 0.25) is 0 Å². The van der Waals surface area contributed by atoms with Crippen molar-refractivity contribution >= 4 is 0 Å². The maximum Gasteiger partial charge on any atom is 0.145 e. The Kier molecular flexibility index (Phi) is 6.63. The van der Waals surface area contributed by atoms with Gasteiger partial charge in [-0.3, -0.25) is 0 Å². The number of benzene rings is 1. The molecule has 3 nitrogen and oxygen atoms in total. The first-order chi connectivity index (χ1) is 9.43. The molecular formula is C16H24FN3. The van der Waals surface area contributed by atoms with Crippen molar-refractivity contribution in [1.29, 1.82) is 5.26 Å². The summed E-state index contributed by atoms with van der Waals surface area (Å²) in [6.45, 7) is 5.73. The van der Waals surface area contributed by atoms with Gasteiger partial charge in [-0.15, -0.1) is 0 Å². The van der Waals surface area contributed by atoms with E-state index in [9.17, 15) is 4.39 Å². The lowest BCUT2D eigenvalue weighted by Gasteiger charge is -2.24. The van der Waals surface area contributed by atoms with Crippen molar-refractivity contribution in [2.24, 2.45) is 5.92 Å². The molecule has 110 valence electrons.